The van der Waals surface area contributed by atoms with Crippen molar-refractivity contribution in [1.29, 1.82) is 0 Å². The highest BCUT2D eigenvalue weighted by molar-refractivity contribution is 7.98. The van der Waals surface area contributed by atoms with Gasteiger partial charge in [0.25, 0.3) is 0 Å². The number of hydrogen-bond acceptors (Lipinski definition) is 6. The van der Waals surface area contributed by atoms with Crippen LogP contribution in [0.4, 0.5) is 0 Å². The molecule has 4 rings (SSSR count). The molecule has 0 spiro atoms. The number of ketones is 1. The fraction of sp³-hybridized carbons (Fsp3) is 0.167. The second-order valence-corrected chi connectivity index (χ2v) is 8.48. The van der Waals surface area contributed by atoms with Crippen LogP contribution in [0.2, 0.25) is 5.02 Å². The normalized spacial score (nSPS) is 10.9. The summed E-state index contributed by atoms with van der Waals surface area (Å²) in [7, 11) is 1.62. The molecular weight excluding hydrogens is 444 g/mol. The molecular formula is C24H21ClN4O2S. The molecule has 32 heavy (non-hydrogen) atoms. The van der Waals surface area contributed by atoms with Crippen LogP contribution < -0.4 is 4.74 Å². The lowest BCUT2D eigenvalue weighted by atomic mass is 10.1. The molecule has 2 aromatic heterocycles. The van der Waals surface area contributed by atoms with Crippen molar-refractivity contribution in [3.05, 3.63) is 82.6 Å². The quantitative estimate of drug-likeness (QED) is 0.254. The number of carbonyl (C=O) groups is 1. The summed E-state index contributed by atoms with van der Waals surface area (Å²) in [5.74, 6) is 1.99. The van der Waals surface area contributed by atoms with Crippen molar-refractivity contribution in [3.8, 4) is 22.8 Å². The number of nitrogens with zero attached hydrogens (tertiary/aromatic N) is 4. The van der Waals surface area contributed by atoms with Gasteiger partial charge in [-0.3, -0.25) is 14.3 Å². The number of halogens is 1. The molecule has 0 unspecified atom stereocenters. The molecule has 8 heteroatoms. The average molecular weight is 465 g/mol. The van der Waals surface area contributed by atoms with Crippen molar-refractivity contribution >= 4 is 29.1 Å². The Morgan fingerprint density at radius 2 is 1.91 bits per heavy atom. The van der Waals surface area contributed by atoms with Crippen LogP contribution in [-0.2, 0) is 5.75 Å². The van der Waals surface area contributed by atoms with Gasteiger partial charge in [0, 0.05) is 39.9 Å². The molecule has 0 aliphatic heterocycles. The van der Waals surface area contributed by atoms with E-state index in [4.69, 9.17) is 16.3 Å². The van der Waals surface area contributed by atoms with Gasteiger partial charge in [-0.1, -0.05) is 29.4 Å². The fourth-order valence-electron chi connectivity index (χ4n) is 3.36. The third kappa shape index (κ3) is 4.40. The predicted molar refractivity (Wildman–Crippen MR) is 127 cm³/mol. The van der Waals surface area contributed by atoms with Gasteiger partial charge in [0.15, 0.2) is 16.8 Å². The average Bonchev–Trinajstić information content (AvgIpc) is 3.23. The maximum Gasteiger partial charge on any atom is 0.196 e. The molecule has 0 aliphatic rings. The van der Waals surface area contributed by atoms with Crippen LogP contribution in [0.5, 0.6) is 5.75 Å². The summed E-state index contributed by atoms with van der Waals surface area (Å²) in [5.41, 5.74) is 4.29. The lowest BCUT2D eigenvalue weighted by molar-refractivity contribution is 0.101. The predicted octanol–water partition coefficient (Wildman–Crippen LogP) is 5.79. The van der Waals surface area contributed by atoms with Crippen LogP contribution in [0.15, 0.2) is 66.1 Å². The zero-order valence-corrected chi connectivity index (χ0v) is 19.4. The van der Waals surface area contributed by atoms with Crippen molar-refractivity contribution in [2.75, 3.05) is 7.11 Å². The molecule has 162 valence electrons. The van der Waals surface area contributed by atoms with Gasteiger partial charge >= 0.3 is 0 Å². The number of methoxy groups -OCH3 is 1. The number of pyridine rings is 1. The Hall–Kier alpha value is -3.16. The molecule has 0 bridgehead atoms. The lowest BCUT2D eigenvalue weighted by Crippen LogP contribution is -2.03. The monoisotopic (exact) mass is 464 g/mol. The van der Waals surface area contributed by atoms with Crippen molar-refractivity contribution < 1.29 is 9.53 Å². The van der Waals surface area contributed by atoms with E-state index in [0.29, 0.717) is 27.3 Å². The number of Topliss-reactive ketones (excluding diaryl/α,β-unsaturated/α-hetero) is 1. The number of ether oxygens (including phenoxy) is 1. The maximum atomic E-state index is 11.8. The molecule has 2 heterocycles. The fourth-order valence-corrected chi connectivity index (χ4v) is 4.45. The van der Waals surface area contributed by atoms with Gasteiger partial charge in [0.1, 0.15) is 5.75 Å². The van der Waals surface area contributed by atoms with E-state index in [9.17, 15) is 4.79 Å². The van der Waals surface area contributed by atoms with Gasteiger partial charge in [-0.15, -0.1) is 10.2 Å². The van der Waals surface area contributed by atoms with Gasteiger partial charge < -0.3 is 4.74 Å². The van der Waals surface area contributed by atoms with E-state index in [-0.39, 0.29) is 5.78 Å². The first-order valence-corrected chi connectivity index (χ1v) is 11.3. The molecule has 0 amide bonds. The van der Waals surface area contributed by atoms with Crippen LogP contribution in [-0.4, -0.2) is 32.6 Å². The molecule has 0 saturated heterocycles. The smallest absolute Gasteiger partial charge is 0.196 e. The van der Waals surface area contributed by atoms with Gasteiger partial charge in [0.05, 0.1) is 12.8 Å². The van der Waals surface area contributed by atoms with Crippen LogP contribution in [0, 0.1) is 6.92 Å². The minimum atomic E-state index is 0.0107. The highest BCUT2D eigenvalue weighted by atomic mass is 35.5. The van der Waals surface area contributed by atoms with Crippen molar-refractivity contribution in [2.24, 2.45) is 0 Å². The van der Waals surface area contributed by atoms with Crippen molar-refractivity contribution in [3.63, 3.8) is 0 Å². The first-order chi connectivity index (χ1) is 15.5. The van der Waals surface area contributed by atoms with E-state index < -0.39 is 0 Å². The Morgan fingerprint density at radius 1 is 1.12 bits per heavy atom. The number of benzene rings is 2. The Kier molecular flexibility index (Phi) is 6.58. The largest absolute Gasteiger partial charge is 0.496 e. The van der Waals surface area contributed by atoms with Gasteiger partial charge in [-0.2, -0.15) is 0 Å². The maximum absolute atomic E-state index is 11.8. The summed E-state index contributed by atoms with van der Waals surface area (Å²) in [6.07, 6.45) is 3.45. The van der Waals surface area contributed by atoms with E-state index in [1.165, 1.54) is 11.8 Å². The first-order valence-electron chi connectivity index (χ1n) is 9.91. The standard InChI is InChI=1S/C24H21ClN4O2S/c1-15-20(25)5-4-6-21(15)29-23(17-9-11-26-12-10-17)27-28-24(29)32-14-19-13-18(16(2)30)7-8-22(19)31-3/h4-13H,14H2,1-3H3. The third-order valence-corrected chi connectivity index (χ3v) is 6.48. The lowest BCUT2D eigenvalue weighted by Gasteiger charge is -2.14. The van der Waals surface area contributed by atoms with Crippen molar-refractivity contribution in [2.45, 2.75) is 24.8 Å². The highest BCUT2D eigenvalue weighted by Crippen LogP contribution is 2.34. The number of aromatic nitrogens is 4. The highest BCUT2D eigenvalue weighted by Gasteiger charge is 2.19. The Morgan fingerprint density at radius 3 is 2.62 bits per heavy atom. The van der Waals surface area contributed by atoms with Gasteiger partial charge in [0.2, 0.25) is 0 Å². The molecule has 0 fully saturated rings. The minimum absolute atomic E-state index is 0.0107. The van der Waals surface area contributed by atoms with E-state index >= 15 is 0 Å². The summed E-state index contributed by atoms with van der Waals surface area (Å²) < 4.78 is 7.50. The second kappa shape index (κ2) is 9.54. The van der Waals surface area contributed by atoms with Crippen LogP contribution in [0.1, 0.15) is 28.4 Å². The topological polar surface area (TPSA) is 69.9 Å². The summed E-state index contributed by atoms with van der Waals surface area (Å²) >= 11 is 7.94. The van der Waals surface area contributed by atoms with E-state index in [0.717, 1.165) is 28.1 Å². The number of rotatable bonds is 7. The second-order valence-electron chi connectivity index (χ2n) is 7.13. The summed E-state index contributed by atoms with van der Waals surface area (Å²) in [6, 6.07) is 15.0. The number of thioether (sulfide) groups is 1. The van der Waals surface area contributed by atoms with Crippen LogP contribution in [0.3, 0.4) is 0 Å². The zero-order valence-electron chi connectivity index (χ0n) is 17.9. The molecule has 6 nitrogen and oxygen atoms in total. The molecule has 0 saturated carbocycles. The Labute approximate surface area is 195 Å². The molecule has 0 atom stereocenters. The number of hydrogen-bond donors (Lipinski definition) is 0. The Bertz CT molecular complexity index is 1270. The summed E-state index contributed by atoms with van der Waals surface area (Å²) in [6.45, 7) is 3.53. The van der Waals surface area contributed by atoms with E-state index in [1.54, 1.807) is 32.5 Å². The zero-order chi connectivity index (χ0) is 22.7. The molecule has 4 aromatic rings. The Balaban J connectivity index is 1.77. The van der Waals surface area contributed by atoms with E-state index in [1.807, 2.05) is 54.0 Å². The van der Waals surface area contributed by atoms with Crippen LogP contribution >= 0.6 is 23.4 Å². The number of carbonyl (C=O) groups excluding carboxylic acids is 1. The van der Waals surface area contributed by atoms with Crippen LogP contribution in [0.25, 0.3) is 17.1 Å². The molecule has 0 radical (unpaired) electrons. The molecule has 0 N–H and O–H groups in total. The van der Waals surface area contributed by atoms with Gasteiger partial charge in [-0.05, 0) is 61.9 Å². The minimum Gasteiger partial charge on any atom is -0.496 e. The SMILES string of the molecule is COc1ccc(C(C)=O)cc1CSc1nnc(-c2ccncc2)n1-c1cccc(Cl)c1C. The molecule has 0 aliphatic carbocycles. The third-order valence-electron chi connectivity index (χ3n) is 5.10. The van der Waals surface area contributed by atoms with Crippen molar-refractivity contribution in [1.82, 2.24) is 19.7 Å². The van der Waals surface area contributed by atoms with Gasteiger partial charge in [-0.25, -0.2) is 0 Å². The molecule has 2 aromatic carbocycles. The summed E-state index contributed by atoms with van der Waals surface area (Å²) in [5, 5.41) is 10.3. The summed E-state index contributed by atoms with van der Waals surface area (Å²) in [4.78, 5) is 16.0. The van der Waals surface area contributed by atoms with E-state index in [2.05, 4.69) is 15.2 Å². The first kappa shape index (κ1) is 22.0.